The molecule has 0 aliphatic rings. The van der Waals surface area contributed by atoms with Crippen LogP contribution >= 0.6 is 0 Å². The number of benzene rings is 2. The quantitative estimate of drug-likeness (QED) is 0.692. The Balaban J connectivity index is 2.61. The first-order valence-electron chi connectivity index (χ1n) is 6.03. The van der Waals surface area contributed by atoms with E-state index in [0.717, 1.165) is 12.1 Å². The Labute approximate surface area is 118 Å². The van der Waals surface area contributed by atoms with Crippen molar-refractivity contribution in [3.63, 3.8) is 0 Å². The lowest BCUT2D eigenvalue weighted by molar-refractivity contribution is 0.205. The third-order valence-electron chi connectivity index (χ3n) is 3.15. The number of halogens is 4. The van der Waals surface area contributed by atoms with Crippen LogP contribution in [0.3, 0.4) is 0 Å². The Bertz CT molecular complexity index is 686. The fourth-order valence-corrected chi connectivity index (χ4v) is 2.08. The van der Waals surface area contributed by atoms with Gasteiger partial charge in [0.15, 0.2) is 29.0 Å². The van der Waals surface area contributed by atoms with Crippen LogP contribution in [0, 0.1) is 30.2 Å². The average molecular weight is 300 g/mol. The summed E-state index contributed by atoms with van der Waals surface area (Å²) in [6.45, 7) is 1.23. The lowest BCUT2D eigenvalue weighted by Crippen LogP contribution is -2.09. The fourth-order valence-electron chi connectivity index (χ4n) is 2.08. The Morgan fingerprint density at radius 2 is 1.67 bits per heavy atom. The van der Waals surface area contributed by atoms with Gasteiger partial charge in [0.1, 0.15) is 6.10 Å². The Morgan fingerprint density at radius 1 is 1.00 bits per heavy atom. The first kappa shape index (κ1) is 15.3. The van der Waals surface area contributed by atoms with Crippen LogP contribution in [-0.4, -0.2) is 12.2 Å². The van der Waals surface area contributed by atoms with Crippen LogP contribution in [0.1, 0.15) is 22.8 Å². The van der Waals surface area contributed by atoms with E-state index in [1.807, 2.05) is 0 Å². The molecule has 0 saturated carbocycles. The van der Waals surface area contributed by atoms with E-state index in [9.17, 15) is 22.7 Å². The number of rotatable bonds is 3. The summed E-state index contributed by atoms with van der Waals surface area (Å²) in [5.74, 6) is -5.56. The molecular formula is C15H12F4O2. The van der Waals surface area contributed by atoms with E-state index in [4.69, 9.17) is 4.74 Å². The third kappa shape index (κ3) is 2.58. The summed E-state index contributed by atoms with van der Waals surface area (Å²) in [6.07, 6.45) is -1.69. The van der Waals surface area contributed by atoms with Gasteiger partial charge in [-0.2, -0.15) is 0 Å². The molecule has 2 nitrogen and oxygen atoms in total. The second-order valence-electron chi connectivity index (χ2n) is 4.49. The van der Waals surface area contributed by atoms with Gasteiger partial charge in [-0.1, -0.05) is 12.1 Å². The van der Waals surface area contributed by atoms with E-state index in [2.05, 4.69) is 0 Å². The lowest BCUT2D eigenvalue weighted by atomic mass is 9.98. The minimum Gasteiger partial charge on any atom is -0.493 e. The summed E-state index contributed by atoms with van der Waals surface area (Å²) < 4.78 is 58.9. The van der Waals surface area contributed by atoms with Crippen LogP contribution < -0.4 is 4.74 Å². The topological polar surface area (TPSA) is 29.5 Å². The van der Waals surface area contributed by atoms with Gasteiger partial charge < -0.3 is 9.84 Å². The molecule has 1 N–H and O–H groups in total. The van der Waals surface area contributed by atoms with Gasteiger partial charge in [0, 0.05) is 11.1 Å². The zero-order chi connectivity index (χ0) is 15.7. The minimum atomic E-state index is -1.69. The average Bonchev–Trinajstić information content (AvgIpc) is 2.47. The number of aliphatic hydroxyl groups is 1. The number of aliphatic hydroxyl groups excluding tert-OH is 1. The number of hydrogen-bond donors (Lipinski definition) is 1. The van der Waals surface area contributed by atoms with Crippen molar-refractivity contribution < 1.29 is 27.4 Å². The van der Waals surface area contributed by atoms with Crippen molar-refractivity contribution in [1.29, 1.82) is 0 Å². The molecule has 0 aliphatic heterocycles. The van der Waals surface area contributed by atoms with Gasteiger partial charge in [0.05, 0.1) is 7.11 Å². The van der Waals surface area contributed by atoms with Crippen molar-refractivity contribution in [2.24, 2.45) is 0 Å². The molecule has 0 radical (unpaired) electrons. The van der Waals surface area contributed by atoms with Crippen molar-refractivity contribution >= 4 is 0 Å². The van der Waals surface area contributed by atoms with Gasteiger partial charge in [-0.3, -0.25) is 0 Å². The largest absolute Gasteiger partial charge is 0.493 e. The van der Waals surface area contributed by atoms with E-state index in [1.165, 1.54) is 26.2 Å². The second-order valence-corrected chi connectivity index (χ2v) is 4.49. The standard InChI is InChI=1S/C15H12F4O2/c1-7-6-9(12(18)13(19)11(7)17)14(20)8-4-3-5-10(16)15(8)21-2/h3-6,14,20H,1-2H3. The van der Waals surface area contributed by atoms with Gasteiger partial charge in [-0.25, -0.2) is 17.6 Å². The maximum absolute atomic E-state index is 13.8. The second kappa shape index (κ2) is 5.73. The van der Waals surface area contributed by atoms with Gasteiger partial charge in [-0.15, -0.1) is 0 Å². The molecule has 0 amide bonds. The summed E-state index contributed by atoms with van der Waals surface area (Å²) in [6, 6.07) is 4.67. The SMILES string of the molecule is COc1c(F)cccc1C(O)c1cc(C)c(F)c(F)c1F. The van der Waals surface area contributed by atoms with Gasteiger partial charge in [0.25, 0.3) is 0 Å². The highest BCUT2D eigenvalue weighted by Gasteiger charge is 2.25. The molecule has 112 valence electrons. The maximum Gasteiger partial charge on any atom is 0.195 e. The molecule has 1 unspecified atom stereocenters. The molecule has 0 spiro atoms. The Hall–Kier alpha value is -2.08. The molecule has 6 heteroatoms. The smallest absolute Gasteiger partial charge is 0.195 e. The number of aryl methyl sites for hydroxylation is 1. The number of para-hydroxylation sites is 1. The van der Waals surface area contributed by atoms with Gasteiger partial charge >= 0.3 is 0 Å². The van der Waals surface area contributed by atoms with Crippen LogP contribution in [0.2, 0.25) is 0 Å². The number of methoxy groups -OCH3 is 1. The van der Waals surface area contributed by atoms with Crippen LogP contribution in [-0.2, 0) is 0 Å². The molecular weight excluding hydrogens is 288 g/mol. The highest BCUT2D eigenvalue weighted by atomic mass is 19.2. The van der Waals surface area contributed by atoms with Crippen molar-refractivity contribution in [3.05, 3.63) is 64.2 Å². The number of ether oxygens (including phenoxy) is 1. The highest BCUT2D eigenvalue weighted by Crippen LogP contribution is 2.34. The zero-order valence-corrected chi connectivity index (χ0v) is 11.3. The van der Waals surface area contributed by atoms with Gasteiger partial charge in [-0.05, 0) is 24.6 Å². The molecule has 2 rings (SSSR count). The van der Waals surface area contributed by atoms with Crippen molar-refractivity contribution in [2.45, 2.75) is 13.0 Å². The summed E-state index contributed by atoms with van der Waals surface area (Å²) in [5, 5.41) is 10.2. The molecule has 0 aliphatic carbocycles. The van der Waals surface area contributed by atoms with Crippen molar-refractivity contribution in [3.8, 4) is 5.75 Å². The summed E-state index contributed by atoms with van der Waals surface area (Å²) in [4.78, 5) is 0. The number of hydrogen-bond acceptors (Lipinski definition) is 2. The normalized spacial score (nSPS) is 12.3. The first-order chi connectivity index (χ1) is 9.88. The van der Waals surface area contributed by atoms with Crippen molar-refractivity contribution in [1.82, 2.24) is 0 Å². The molecule has 1 atom stereocenters. The minimum absolute atomic E-state index is 0.0817. The summed E-state index contributed by atoms with van der Waals surface area (Å²) in [5.41, 5.74) is -0.740. The van der Waals surface area contributed by atoms with Crippen LogP contribution in [0.5, 0.6) is 5.75 Å². The molecule has 0 heterocycles. The highest BCUT2D eigenvalue weighted by molar-refractivity contribution is 5.42. The zero-order valence-electron chi connectivity index (χ0n) is 11.3. The molecule has 0 saturated heterocycles. The van der Waals surface area contributed by atoms with Crippen LogP contribution in [0.15, 0.2) is 24.3 Å². The van der Waals surface area contributed by atoms with Crippen molar-refractivity contribution in [2.75, 3.05) is 7.11 Å². The molecule has 0 aromatic heterocycles. The van der Waals surface area contributed by atoms with E-state index >= 15 is 0 Å². The molecule has 0 fully saturated rings. The lowest BCUT2D eigenvalue weighted by Gasteiger charge is -2.17. The first-order valence-corrected chi connectivity index (χ1v) is 6.03. The van der Waals surface area contributed by atoms with E-state index < -0.39 is 34.9 Å². The van der Waals surface area contributed by atoms with Gasteiger partial charge in [0.2, 0.25) is 0 Å². The van der Waals surface area contributed by atoms with E-state index in [0.29, 0.717) is 0 Å². The summed E-state index contributed by atoms with van der Waals surface area (Å²) >= 11 is 0. The molecule has 0 bridgehead atoms. The van der Waals surface area contributed by atoms with E-state index in [1.54, 1.807) is 0 Å². The monoisotopic (exact) mass is 300 g/mol. The maximum atomic E-state index is 13.8. The predicted octanol–water partition coefficient (Wildman–Crippen LogP) is 3.64. The van der Waals surface area contributed by atoms with Crippen LogP contribution in [0.25, 0.3) is 0 Å². The Morgan fingerprint density at radius 3 is 2.29 bits per heavy atom. The fraction of sp³-hybridized carbons (Fsp3) is 0.200. The molecule has 2 aromatic carbocycles. The van der Waals surface area contributed by atoms with Crippen LogP contribution in [0.4, 0.5) is 17.6 Å². The third-order valence-corrected chi connectivity index (χ3v) is 3.15. The predicted molar refractivity (Wildman–Crippen MR) is 68.1 cm³/mol. The summed E-state index contributed by atoms with van der Waals surface area (Å²) in [7, 11) is 1.18. The molecule has 2 aromatic rings. The van der Waals surface area contributed by atoms with E-state index in [-0.39, 0.29) is 16.9 Å². The Kier molecular flexibility index (Phi) is 4.18. The molecule has 21 heavy (non-hydrogen) atoms.